The van der Waals surface area contributed by atoms with Gasteiger partial charge in [-0.2, -0.15) is 0 Å². The van der Waals surface area contributed by atoms with Gasteiger partial charge in [0.05, 0.1) is 5.52 Å². The smallest absolute Gasteiger partial charge is 0.0705 e. The number of nitrogens with zero attached hydrogens (tertiary/aromatic N) is 1. The Morgan fingerprint density at radius 2 is 2.00 bits per heavy atom. The van der Waals surface area contributed by atoms with Gasteiger partial charge in [0.1, 0.15) is 0 Å². The van der Waals surface area contributed by atoms with Gasteiger partial charge < -0.3 is 10.4 Å². The number of aliphatic hydroxyl groups excluding tert-OH is 1. The lowest BCUT2D eigenvalue weighted by molar-refractivity contribution is 0.207. The molecule has 1 aromatic heterocycles. The van der Waals surface area contributed by atoms with E-state index in [0.717, 1.165) is 25.0 Å². The summed E-state index contributed by atoms with van der Waals surface area (Å²) in [4.78, 5) is 4.37. The number of nitrogens with one attached hydrogen (secondary N) is 1. The molecule has 0 fully saturated rings. The molecule has 102 valence electrons. The number of para-hydroxylation sites is 1. The summed E-state index contributed by atoms with van der Waals surface area (Å²) >= 11 is 0. The Morgan fingerprint density at radius 1 is 1.21 bits per heavy atom. The third-order valence-electron chi connectivity index (χ3n) is 3.45. The van der Waals surface area contributed by atoms with Crippen LogP contribution in [0.4, 0.5) is 0 Å². The van der Waals surface area contributed by atoms with Crippen LogP contribution in [0.5, 0.6) is 0 Å². The summed E-state index contributed by atoms with van der Waals surface area (Å²) in [5, 5.41) is 13.7. The molecule has 0 bridgehead atoms. The molecule has 0 saturated carbocycles. The molecule has 3 heteroatoms. The van der Waals surface area contributed by atoms with Crippen LogP contribution >= 0.6 is 0 Å². The Kier molecular flexibility index (Phi) is 4.51. The summed E-state index contributed by atoms with van der Waals surface area (Å²) in [6, 6.07) is 10.3. The zero-order chi connectivity index (χ0) is 13.7. The number of hydrogen-bond acceptors (Lipinski definition) is 3. The van der Waals surface area contributed by atoms with Gasteiger partial charge in [0.15, 0.2) is 0 Å². The number of aromatic nitrogens is 1. The molecule has 0 amide bonds. The van der Waals surface area contributed by atoms with Crippen LogP contribution in [0.25, 0.3) is 10.9 Å². The van der Waals surface area contributed by atoms with Gasteiger partial charge in [-0.3, -0.25) is 4.98 Å². The van der Waals surface area contributed by atoms with Crippen LogP contribution in [0.15, 0.2) is 36.5 Å². The standard InChI is InChI=1S/C16H22N2O/c1-16(2,8-10-19)12-17-11-13-7-9-18-15-6-4-3-5-14(13)15/h3-7,9,17,19H,8,10-12H2,1-2H3. The quantitative estimate of drug-likeness (QED) is 0.837. The molecule has 0 aliphatic carbocycles. The highest BCUT2D eigenvalue weighted by Crippen LogP contribution is 2.19. The summed E-state index contributed by atoms with van der Waals surface area (Å²) in [5.74, 6) is 0. The molecular formula is C16H22N2O. The second-order valence-corrected chi connectivity index (χ2v) is 5.73. The first-order valence-corrected chi connectivity index (χ1v) is 6.77. The lowest BCUT2D eigenvalue weighted by Crippen LogP contribution is -2.29. The van der Waals surface area contributed by atoms with Gasteiger partial charge in [-0.05, 0) is 29.5 Å². The highest BCUT2D eigenvalue weighted by Gasteiger charge is 2.16. The first kappa shape index (κ1) is 14.0. The fourth-order valence-corrected chi connectivity index (χ4v) is 2.24. The SMILES string of the molecule is CC(C)(CCO)CNCc1ccnc2ccccc12. The van der Waals surface area contributed by atoms with E-state index in [9.17, 15) is 0 Å². The van der Waals surface area contributed by atoms with Crippen molar-refractivity contribution >= 4 is 10.9 Å². The number of fused-ring (bicyclic) bond motifs is 1. The fraction of sp³-hybridized carbons (Fsp3) is 0.438. The topological polar surface area (TPSA) is 45.1 Å². The normalized spacial score (nSPS) is 11.9. The molecule has 0 saturated heterocycles. The zero-order valence-corrected chi connectivity index (χ0v) is 11.7. The minimum absolute atomic E-state index is 0.123. The maximum atomic E-state index is 9.02. The highest BCUT2D eigenvalue weighted by molar-refractivity contribution is 5.81. The monoisotopic (exact) mass is 258 g/mol. The first-order chi connectivity index (χ1) is 9.12. The number of hydrogen-bond donors (Lipinski definition) is 2. The Hall–Kier alpha value is -1.45. The lowest BCUT2D eigenvalue weighted by atomic mass is 9.89. The predicted octanol–water partition coefficient (Wildman–Crippen LogP) is 2.73. The third kappa shape index (κ3) is 3.75. The number of benzene rings is 1. The Morgan fingerprint density at radius 3 is 2.79 bits per heavy atom. The molecule has 0 unspecified atom stereocenters. The van der Waals surface area contributed by atoms with Gasteiger partial charge >= 0.3 is 0 Å². The van der Waals surface area contributed by atoms with Gasteiger partial charge in [-0.1, -0.05) is 32.0 Å². The second kappa shape index (κ2) is 6.13. The minimum Gasteiger partial charge on any atom is -0.396 e. The van der Waals surface area contributed by atoms with E-state index in [1.54, 1.807) is 0 Å². The molecule has 2 N–H and O–H groups in total. The van der Waals surface area contributed by atoms with Crippen LogP contribution < -0.4 is 5.32 Å². The van der Waals surface area contributed by atoms with Gasteiger partial charge in [0, 0.05) is 31.3 Å². The van der Waals surface area contributed by atoms with Gasteiger partial charge in [-0.25, -0.2) is 0 Å². The molecule has 0 aliphatic rings. The van der Waals surface area contributed by atoms with Crippen molar-refractivity contribution in [2.75, 3.05) is 13.2 Å². The predicted molar refractivity (Wildman–Crippen MR) is 78.9 cm³/mol. The van der Waals surface area contributed by atoms with Crippen LogP contribution in [-0.4, -0.2) is 23.2 Å². The van der Waals surface area contributed by atoms with E-state index in [0.29, 0.717) is 0 Å². The largest absolute Gasteiger partial charge is 0.396 e. The Labute approximate surface area is 114 Å². The van der Waals surface area contributed by atoms with E-state index in [2.05, 4.69) is 36.3 Å². The minimum atomic E-state index is 0.123. The molecule has 2 aromatic rings. The van der Waals surface area contributed by atoms with E-state index in [1.165, 1.54) is 10.9 Å². The van der Waals surface area contributed by atoms with Gasteiger partial charge in [0.2, 0.25) is 0 Å². The molecule has 0 aliphatic heterocycles. The summed E-state index contributed by atoms with van der Waals surface area (Å²) in [6.07, 6.45) is 2.68. The van der Waals surface area contributed by atoms with Crippen molar-refractivity contribution in [3.05, 3.63) is 42.1 Å². The fourth-order valence-electron chi connectivity index (χ4n) is 2.24. The van der Waals surface area contributed by atoms with Crippen molar-refractivity contribution in [1.82, 2.24) is 10.3 Å². The maximum Gasteiger partial charge on any atom is 0.0705 e. The van der Waals surface area contributed by atoms with Crippen LogP contribution in [0.3, 0.4) is 0 Å². The van der Waals surface area contributed by atoms with Crippen molar-refractivity contribution in [2.45, 2.75) is 26.8 Å². The molecule has 2 rings (SSSR count). The van der Waals surface area contributed by atoms with Crippen LogP contribution in [0, 0.1) is 5.41 Å². The summed E-state index contributed by atoms with van der Waals surface area (Å²) in [7, 11) is 0. The Balaban J connectivity index is 2.02. The average Bonchev–Trinajstić information content (AvgIpc) is 2.39. The molecule has 1 aromatic carbocycles. The lowest BCUT2D eigenvalue weighted by Gasteiger charge is -2.24. The van der Waals surface area contributed by atoms with Crippen molar-refractivity contribution in [3.8, 4) is 0 Å². The molecular weight excluding hydrogens is 236 g/mol. The molecule has 3 nitrogen and oxygen atoms in total. The Bertz CT molecular complexity index is 532. The molecule has 19 heavy (non-hydrogen) atoms. The van der Waals surface area contributed by atoms with E-state index >= 15 is 0 Å². The maximum absolute atomic E-state index is 9.02. The number of aliphatic hydroxyl groups is 1. The van der Waals surface area contributed by atoms with Crippen molar-refractivity contribution in [1.29, 1.82) is 0 Å². The van der Waals surface area contributed by atoms with E-state index < -0.39 is 0 Å². The molecule has 0 atom stereocenters. The summed E-state index contributed by atoms with van der Waals surface area (Å²) < 4.78 is 0. The van der Waals surface area contributed by atoms with Crippen molar-refractivity contribution < 1.29 is 5.11 Å². The molecule has 0 spiro atoms. The number of pyridine rings is 1. The molecule has 0 radical (unpaired) electrons. The highest BCUT2D eigenvalue weighted by atomic mass is 16.3. The first-order valence-electron chi connectivity index (χ1n) is 6.77. The second-order valence-electron chi connectivity index (χ2n) is 5.73. The van der Waals surface area contributed by atoms with Gasteiger partial charge in [-0.15, -0.1) is 0 Å². The van der Waals surface area contributed by atoms with E-state index in [4.69, 9.17) is 5.11 Å². The van der Waals surface area contributed by atoms with Crippen molar-refractivity contribution in [2.24, 2.45) is 5.41 Å². The third-order valence-corrected chi connectivity index (χ3v) is 3.45. The van der Waals surface area contributed by atoms with Crippen LogP contribution in [0.1, 0.15) is 25.8 Å². The summed E-state index contributed by atoms with van der Waals surface area (Å²) in [6.45, 7) is 6.30. The average molecular weight is 258 g/mol. The zero-order valence-electron chi connectivity index (χ0n) is 11.7. The number of rotatable bonds is 6. The van der Waals surface area contributed by atoms with E-state index in [1.807, 2.05) is 24.4 Å². The molecule has 1 heterocycles. The van der Waals surface area contributed by atoms with Crippen molar-refractivity contribution in [3.63, 3.8) is 0 Å². The van der Waals surface area contributed by atoms with E-state index in [-0.39, 0.29) is 12.0 Å². The van der Waals surface area contributed by atoms with Crippen LogP contribution in [0.2, 0.25) is 0 Å². The van der Waals surface area contributed by atoms with Crippen LogP contribution in [-0.2, 0) is 6.54 Å². The summed E-state index contributed by atoms with van der Waals surface area (Å²) in [5.41, 5.74) is 2.43. The van der Waals surface area contributed by atoms with Gasteiger partial charge in [0.25, 0.3) is 0 Å².